The molecule has 2 heteroatoms. The van der Waals surface area contributed by atoms with Crippen molar-refractivity contribution in [2.45, 2.75) is 12.8 Å². The van der Waals surface area contributed by atoms with Gasteiger partial charge >= 0.3 is 0 Å². The van der Waals surface area contributed by atoms with Crippen molar-refractivity contribution in [3.05, 3.63) is 23.9 Å². The molecule has 0 aromatic carbocycles. The van der Waals surface area contributed by atoms with Gasteiger partial charge in [-0.05, 0) is 24.3 Å². The van der Waals surface area contributed by atoms with Gasteiger partial charge in [-0.3, -0.25) is 4.79 Å². The van der Waals surface area contributed by atoms with E-state index in [0.29, 0.717) is 6.42 Å². The first-order valence-electron chi connectivity index (χ1n) is 2.94. The highest BCUT2D eigenvalue weighted by Crippen LogP contribution is 2.11. The molecule has 48 valence electrons. The summed E-state index contributed by atoms with van der Waals surface area (Å²) in [4.78, 5) is 10.6. The van der Waals surface area contributed by atoms with Crippen LogP contribution in [0.2, 0.25) is 0 Å². The number of hydrogen-bond donors (Lipinski definition) is 1. The summed E-state index contributed by atoms with van der Waals surface area (Å²) in [6.45, 7) is 0. The predicted octanol–water partition coefficient (Wildman–Crippen LogP) is 0.748. The summed E-state index contributed by atoms with van der Waals surface area (Å²) in [5.74, 6) is 0.195. The van der Waals surface area contributed by atoms with Crippen LogP contribution in [-0.2, 0) is 4.79 Å². The van der Waals surface area contributed by atoms with Gasteiger partial charge in [0.2, 0.25) is 0 Å². The van der Waals surface area contributed by atoms with Crippen molar-refractivity contribution in [3.63, 3.8) is 0 Å². The van der Waals surface area contributed by atoms with Crippen molar-refractivity contribution in [2.75, 3.05) is 0 Å². The zero-order valence-corrected chi connectivity index (χ0v) is 5.13. The first-order chi connectivity index (χ1) is 4.33. The van der Waals surface area contributed by atoms with Gasteiger partial charge in [0.1, 0.15) is 0 Å². The molecule has 0 radical (unpaired) electrons. The molecule has 0 heterocycles. The van der Waals surface area contributed by atoms with E-state index in [1.165, 1.54) is 0 Å². The van der Waals surface area contributed by atoms with Crippen molar-refractivity contribution in [2.24, 2.45) is 5.73 Å². The van der Waals surface area contributed by atoms with Gasteiger partial charge in [-0.1, -0.05) is 6.08 Å². The fourth-order valence-corrected chi connectivity index (χ4v) is 0.773. The van der Waals surface area contributed by atoms with Crippen LogP contribution in [0.1, 0.15) is 12.8 Å². The van der Waals surface area contributed by atoms with Gasteiger partial charge in [0, 0.05) is 6.42 Å². The highest BCUT2D eigenvalue weighted by molar-refractivity contribution is 5.91. The summed E-state index contributed by atoms with van der Waals surface area (Å²) >= 11 is 0. The average molecular weight is 123 g/mol. The van der Waals surface area contributed by atoms with Crippen molar-refractivity contribution in [1.29, 1.82) is 0 Å². The van der Waals surface area contributed by atoms with Gasteiger partial charge in [0.25, 0.3) is 0 Å². The number of carbonyl (C=O) groups excluding carboxylic acids is 1. The second-order valence-corrected chi connectivity index (χ2v) is 2.04. The molecule has 0 fully saturated rings. The summed E-state index contributed by atoms with van der Waals surface area (Å²) in [5.41, 5.74) is 6.27. The first kappa shape index (κ1) is 6.08. The quantitative estimate of drug-likeness (QED) is 0.516. The number of ketones is 1. The smallest absolute Gasteiger partial charge is 0.156 e. The second-order valence-electron chi connectivity index (χ2n) is 2.04. The van der Waals surface area contributed by atoms with Crippen LogP contribution in [0.25, 0.3) is 0 Å². The molecule has 2 N–H and O–H groups in total. The fourth-order valence-electron chi connectivity index (χ4n) is 0.773. The summed E-state index contributed by atoms with van der Waals surface area (Å²) in [6.07, 6.45) is 6.29. The van der Waals surface area contributed by atoms with E-state index in [1.54, 1.807) is 18.4 Å². The minimum atomic E-state index is 0.195. The molecule has 2 nitrogen and oxygen atoms in total. The summed E-state index contributed by atoms with van der Waals surface area (Å²) in [5, 5.41) is 0. The molecule has 9 heavy (non-hydrogen) atoms. The molecule has 0 bridgehead atoms. The van der Waals surface area contributed by atoms with Crippen molar-refractivity contribution >= 4 is 5.78 Å². The third-order valence-electron chi connectivity index (χ3n) is 1.36. The van der Waals surface area contributed by atoms with Crippen LogP contribution in [0, 0.1) is 0 Å². The molecule has 0 atom stereocenters. The van der Waals surface area contributed by atoms with Crippen molar-refractivity contribution < 1.29 is 4.79 Å². The molecule has 0 aromatic heterocycles. The Kier molecular flexibility index (Phi) is 1.68. The molecule has 0 aliphatic heterocycles. The van der Waals surface area contributed by atoms with Gasteiger partial charge in [-0.15, -0.1) is 0 Å². The number of allylic oxidation sites excluding steroid dienone is 3. The van der Waals surface area contributed by atoms with E-state index in [9.17, 15) is 4.79 Å². The van der Waals surface area contributed by atoms with Gasteiger partial charge in [-0.25, -0.2) is 0 Å². The third kappa shape index (κ3) is 1.42. The maximum absolute atomic E-state index is 10.6. The van der Waals surface area contributed by atoms with Crippen molar-refractivity contribution in [3.8, 4) is 0 Å². The topological polar surface area (TPSA) is 43.1 Å². The molecule has 1 aliphatic carbocycles. The monoisotopic (exact) mass is 123 g/mol. The van der Waals surface area contributed by atoms with Crippen molar-refractivity contribution in [1.82, 2.24) is 0 Å². The average Bonchev–Trinajstić information content (AvgIpc) is 1.90. The van der Waals surface area contributed by atoms with E-state index in [1.807, 2.05) is 0 Å². The number of carbonyl (C=O) groups is 1. The first-order valence-corrected chi connectivity index (χ1v) is 2.94. The van der Waals surface area contributed by atoms with E-state index in [4.69, 9.17) is 5.73 Å². The molecule has 0 spiro atoms. The van der Waals surface area contributed by atoms with Crippen LogP contribution >= 0.6 is 0 Å². The molecule has 0 amide bonds. The zero-order chi connectivity index (χ0) is 6.69. The standard InChI is InChI=1S/C7H9NO/c8-5-6-1-3-7(9)4-2-6/h1,3,5H,2,4,8H2. The Labute approximate surface area is 54.0 Å². The lowest BCUT2D eigenvalue weighted by Crippen LogP contribution is -2.00. The lowest BCUT2D eigenvalue weighted by molar-refractivity contribution is -0.114. The summed E-state index contributed by atoms with van der Waals surface area (Å²) in [7, 11) is 0. The molecule has 1 rings (SSSR count). The molecular weight excluding hydrogens is 114 g/mol. The molecular formula is C7H9NO. The zero-order valence-electron chi connectivity index (χ0n) is 5.13. The third-order valence-corrected chi connectivity index (χ3v) is 1.36. The lowest BCUT2D eigenvalue weighted by Gasteiger charge is -2.03. The number of nitrogens with two attached hydrogens (primary N) is 1. The van der Waals surface area contributed by atoms with Crippen LogP contribution in [0.3, 0.4) is 0 Å². The number of rotatable bonds is 0. The Morgan fingerprint density at radius 2 is 2.22 bits per heavy atom. The van der Waals surface area contributed by atoms with E-state index >= 15 is 0 Å². The van der Waals surface area contributed by atoms with Crippen LogP contribution < -0.4 is 5.73 Å². The Bertz CT molecular complexity index is 179. The van der Waals surface area contributed by atoms with E-state index < -0.39 is 0 Å². The van der Waals surface area contributed by atoms with Crippen LogP contribution in [0.4, 0.5) is 0 Å². The van der Waals surface area contributed by atoms with Crippen LogP contribution in [-0.4, -0.2) is 5.78 Å². The Morgan fingerprint density at radius 1 is 1.44 bits per heavy atom. The minimum Gasteiger partial charge on any atom is -0.404 e. The maximum atomic E-state index is 10.6. The van der Waals surface area contributed by atoms with Crippen LogP contribution in [0.15, 0.2) is 23.9 Å². The molecule has 0 aromatic rings. The minimum absolute atomic E-state index is 0.195. The highest BCUT2D eigenvalue weighted by Gasteiger charge is 2.03. The Hall–Kier alpha value is -1.05. The van der Waals surface area contributed by atoms with Crippen LogP contribution in [0.5, 0.6) is 0 Å². The van der Waals surface area contributed by atoms with E-state index in [0.717, 1.165) is 12.0 Å². The molecule has 0 unspecified atom stereocenters. The van der Waals surface area contributed by atoms with Gasteiger partial charge < -0.3 is 5.73 Å². The summed E-state index contributed by atoms with van der Waals surface area (Å²) in [6, 6.07) is 0. The predicted molar refractivity (Wildman–Crippen MR) is 35.7 cm³/mol. The molecule has 1 aliphatic rings. The SMILES string of the molecule is NC=C1C=CC(=O)CC1. The molecule has 0 saturated carbocycles. The second kappa shape index (κ2) is 2.49. The largest absolute Gasteiger partial charge is 0.404 e. The Morgan fingerprint density at radius 3 is 2.67 bits per heavy atom. The van der Waals surface area contributed by atoms with E-state index in [2.05, 4.69) is 0 Å². The van der Waals surface area contributed by atoms with Gasteiger partial charge in [-0.2, -0.15) is 0 Å². The van der Waals surface area contributed by atoms with Gasteiger partial charge in [0.15, 0.2) is 5.78 Å². The van der Waals surface area contributed by atoms with E-state index in [-0.39, 0.29) is 5.78 Å². The maximum Gasteiger partial charge on any atom is 0.156 e. The normalized spacial score (nSPS) is 23.1. The highest BCUT2D eigenvalue weighted by atomic mass is 16.1. The van der Waals surface area contributed by atoms with Gasteiger partial charge in [0.05, 0.1) is 0 Å². The Balaban J connectivity index is 2.69. The summed E-state index contributed by atoms with van der Waals surface area (Å²) < 4.78 is 0. The number of hydrogen-bond acceptors (Lipinski definition) is 2. The fraction of sp³-hybridized carbons (Fsp3) is 0.286. The lowest BCUT2D eigenvalue weighted by atomic mass is 10.0. The molecule has 0 saturated heterocycles.